The summed E-state index contributed by atoms with van der Waals surface area (Å²) in [6, 6.07) is 17.5. The van der Waals surface area contributed by atoms with E-state index in [4.69, 9.17) is 19.9 Å². The molecule has 0 bridgehead atoms. The second-order valence-corrected chi connectivity index (χ2v) is 15.8. The van der Waals surface area contributed by atoms with Crippen LogP contribution in [0.2, 0.25) is 0 Å². The summed E-state index contributed by atoms with van der Waals surface area (Å²) in [7, 11) is 0. The maximum absolute atomic E-state index is 5.47. The van der Waals surface area contributed by atoms with Gasteiger partial charge in [-0.25, -0.2) is 9.97 Å². The molecule has 0 aliphatic rings. The molecule has 6 heterocycles. The predicted octanol–water partition coefficient (Wildman–Crippen LogP) is 10.3. The van der Waals surface area contributed by atoms with Gasteiger partial charge in [0.15, 0.2) is 11.6 Å². The van der Waals surface area contributed by atoms with Gasteiger partial charge in [0.05, 0.1) is 28.1 Å². The molecule has 0 aliphatic carbocycles. The maximum atomic E-state index is 5.47. The normalized spacial score (nSPS) is 12.7. The topological polar surface area (TPSA) is 63.6 Å². The van der Waals surface area contributed by atoms with E-state index in [1.54, 1.807) is 0 Å². The summed E-state index contributed by atoms with van der Waals surface area (Å²) in [5, 5.41) is 2.07. The zero-order valence-electron chi connectivity index (χ0n) is 30.7. The van der Waals surface area contributed by atoms with E-state index in [0.29, 0.717) is 0 Å². The Bertz CT molecular complexity index is 2280. The van der Waals surface area contributed by atoms with Crippen LogP contribution < -0.4 is 4.90 Å². The van der Waals surface area contributed by atoms with Crippen molar-refractivity contribution in [1.29, 1.82) is 0 Å². The zero-order chi connectivity index (χ0) is 34.6. The average Bonchev–Trinajstić information content (AvgIpc) is 3.51. The summed E-state index contributed by atoms with van der Waals surface area (Å²) < 4.78 is 4.54. The fourth-order valence-electron chi connectivity index (χ4n) is 7.37. The van der Waals surface area contributed by atoms with Gasteiger partial charge < -0.3 is 0 Å². The number of nitrogens with zero attached hydrogens (tertiary/aromatic N) is 7. The maximum Gasteiger partial charge on any atom is 0.161 e. The molecule has 0 radical (unpaired) electrons. The van der Waals surface area contributed by atoms with E-state index in [9.17, 15) is 0 Å². The van der Waals surface area contributed by atoms with E-state index in [-0.39, 0.29) is 10.8 Å². The van der Waals surface area contributed by atoms with Crippen molar-refractivity contribution in [3.05, 3.63) is 99.4 Å². The molecule has 0 saturated carbocycles. The second kappa shape index (κ2) is 10.6. The van der Waals surface area contributed by atoms with E-state index in [1.165, 1.54) is 16.7 Å². The summed E-state index contributed by atoms with van der Waals surface area (Å²) >= 11 is 0. The van der Waals surface area contributed by atoms with Crippen LogP contribution in [0, 0.1) is 48.5 Å². The van der Waals surface area contributed by atoms with Gasteiger partial charge in [-0.3, -0.25) is 23.7 Å². The van der Waals surface area contributed by atoms with Crippen LogP contribution >= 0.6 is 0 Å². The summed E-state index contributed by atoms with van der Waals surface area (Å²) in [5.41, 5.74) is 14.8. The van der Waals surface area contributed by atoms with Gasteiger partial charge in [-0.05, 0) is 96.0 Å². The smallest absolute Gasteiger partial charge is 0.161 e. The average molecular weight is 638 g/mol. The van der Waals surface area contributed by atoms with Gasteiger partial charge in [-0.2, -0.15) is 0 Å². The number of anilines is 3. The van der Waals surface area contributed by atoms with Crippen molar-refractivity contribution in [3.8, 4) is 0 Å². The lowest BCUT2D eigenvalue weighted by molar-refractivity contribution is 0.571. The van der Waals surface area contributed by atoms with E-state index in [2.05, 4.69) is 152 Å². The van der Waals surface area contributed by atoms with Crippen LogP contribution in [0.25, 0.3) is 33.1 Å². The molecule has 0 atom stereocenters. The molecule has 48 heavy (non-hydrogen) atoms. The Morgan fingerprint density at radius 3 is 1.29 bits per heavy atom. The van der Waals surface area contributed by atoms with E-state index >= 15 is 0 Å². The Hall–Kier alpha value is -4.78. The Labute approximate surface area is 283 Å². The number of pyridine rings is 4. The first-order valence-electron chi connectivity index (χ1n) is 16.9. The molecule has 1 aromatic carbocycles. The molecule has 0 spiro atoms. The molecule has 6 aromatic heterocycles. The fraction of sp³-hybridized carbons (Fsp3) is 0.366. The Kier molecular flexibility index (Phi) is 7.03. The van der Waals surface area contributed by atoms with Gasteiger partial charge in [0.2, 0.25) is 0 Å². The number of imidazole rings is 2. The molecular weight excluding hydrogens is 591 g/mol. The second-order valence-electron chi connectivity index (χ2n) is 15.8. The lowest BCUT2D eigenvalue weighted by Crippen LogP contribution is -2.16. The molecule has 7 rings (SSSR count). The number of hydrogen-bond acceptors (Lipinski definition) is 5. The first-order chi connectivity index (χ1) is 22.5. The molecule has 0 N–H and O–H groups in total. The molecule has 0 saturated heterocycles. The number of rotatable bonds is 3. The third-order valence-corrected chi connectivity index (χ3v) is 9.71. The van der Waals surface area contributed by atoms with Crippen LogP contribution in [-0.4, -0.2) is 28.7 Å². The van der Waals surface area contributed by atoms with Gasteiger partial charge in [0, 0.05) is 44.4 Å². The van der Waals surface area contributed by atoms with Crippen molar-refractivity contribution in [2.24, 2.45) is 0 Å². The van der Waals surface area contributed by atoms with Gasteiger partial charge >= 0.3 is 0 Å². The zero-order valence-corrected chi connectivity index (χ0v) is 30.7. The number of hydrogen-bond donors (Lipinski definition) is 0. The van der Waals surface area contributed by atoms with E-state index < -0.39 is 0 Å². The number of aryl methyl sites for hydroxylation is 7. The first kappa shape index (κ1) is 31.8. The monoisotopic (exact) mass is 637 g/mol. The summed E-state index contributed by atoms with van der Waals surface area (Å²) in [4.78, 5) is 23.5. The number of benzene rings is 1. The minimum atomic E-state index is -0.0468. The third-order valence-electron chi connectivity index (χ3n) is 9.71. The molecule has 7 nitrogen and oxygen atoms in total. The summed E-state index contributed by atoms with van der Waals surface area (Å²) in [6.07, 6.45) is 0. The van der Waals surface area contributed by atoms with Crippen molar-refractivity contribution in [2.75, 3.05) is 4.90 Å². The van der Waals surface area contributed by atoms with Crippen molar-refractivity contribution in [3.63, 3.8) is 0 Å². The molecule has 0 unspecified atom stereocenters. The van der Waals surface area contributed by atoms with Crippen LogP contribution in [0.4, 0.5) is 17.3 Å². The minimum absolute atomic E-state index is 0.0468. The Balaban J connectivity index is 1.56. The lowest BCUT2D eigenvalue weighted by Gasteiger charge is -2.26. The molecule has 7 aromatic rings. The van der Waals surface area contributed by atoms with Gasteiger partial charge in [0.25, 0.3) is 0 Å². The van der Waals surface area contributed by atoms with Crippen LogP contribution in [-0.2, 0) is 10.8 Å². The Morgan fingerprint density at radius 1 is 0.521 bits per heavy atom. The van der Waals surface area contributed by atoms with Gasteiger partial charge in [-0.1, -0.05) is 59.2 Å². The third kappa shape index (κ3) is 4.85. The van der Waals surface area contributed by atoms with E-state index in [0.717, 1.165) is 84.6 Å². The SMILES string of the molecule is Cc1cc(C)c(N(c2nc3c4ccc(C(C)(C)C)nc4cc(C)n3c2C)c2nc3c4ccc(C(C)(C)C)nc4cc(C)n3c2C)c(C)c1. The standard InChI is InChI=1S/C41H47N7/c1-22-18-23(2)35(24(3)19-22)48(36-27(6)46-25(4)20-31-29(38(46)44-36)14-16-33(42-31)40(8,9)10)37-28(7)47-26(5)21-32-30(39(47)45-37)15-17-34(43-32)41(11,12)13/h14-21H,1-13H3. The Morgan fingerprint density at radius 2 is 0.917 bits per heavy atom. The highest BCUT2D eigenvalue weighted by atomic mass is 15.3. The fourth-order valence-corrected chi connectivity index (χ4v) is 7.37. The predicted molar refractivity (Wildman–Crippen MR) is 200 cm³/mol. The first-order valence-corrected chi connectivity index (χ1v) is 16.9. The highest BCUT2D eigenvalue weighted by Crippen LogP contribution is 2.43. The lowest BCUT2D eigenvalue weighted by atomic mass is 9.91. The highest BCUT2D eigenvalue weighted by molar-refractivity contribution is 5.96. The van der Waals surface area contributed by atoms with Crippen molar-refractivity contribution < 1.29 is 0 Å². The van der Waals surface area contributed by atoms with Crippen LogP contribution in [0.1, 0.15) is 92.4 Å². The van der Waals surface area contributed by atoms with Crippen molar-refractivity contribution in [1.82, 2.24) is 28.7 Å². The summed E-state index contributed by atoms with van der Waals surface area (Å²) in [6.45, 7) is 28.4. The molecule has 0 fully saturated rings. The van der Waals surface area contributed by atoms with Crippen molar-refractivity contribution >= 4 is 50.4 Å². The molecular formula is C41H47N7. The summed E-state index contributed by atoms with van der Waals surface area (Å²) in [5.74, 6) is 1.73. The number of aromatic nitrogens is 6. The van der Waals surface area contributed by atoms with E-state index in [1.807, 2.05) is 0 Å². The largest absolute Gasteiger partial charge is 0.299 e. The van der Waals surface area contributed by atoms with Crippen LogP contribution in [0.3, 0.4) is 0 Å². The highest BCUT2D eigenvalue weighted by Gasteiger charge is 2.29. The molecule has 246 valence electrons. The van der Waals surface area contributed by atoms with Crippen molar-refractivity contribution in [2.45, 2.75) is 101 Å². The van der Waals surface area contributed by atoms with Gasteiger partial charge in [-0.15, -0.1) is 0 Å². The molecule has 0 aliphatic heterocycles. The van der Waals surface area contributed by atoms with Gasteiger partial charge in [0.1, 0.15) is 11.3 Å². The van der Waals surface area contributed by atoms with Crippen LogP contribution in [0.5, 0.6) is 0 Å². The molecule has 7 heteroatoms. The number of fused-ring (bicyclic) bond motifs is 6. The minimum Gasteiger partial charge on any atom is -0.299 e. The molecule has 0 amide bonds. The van der Waals surface area contributed by atoms with Crippen LogP contribution in [0.15, 0.2) is 48.5 Å². The quantitative estimate of drug-likeness (QED) is 0.193.